The van der Waals surface area contributed by atoms with Gasteiger partial charge in [-0.1, -0.05) is 32.9 Å². The molecule has 0 aromatic heterocycles. The number of nitrogens with one attached hydrogen (secondary N) is 1. The predicted molar refractivity (Wildman–Crippen MR) is 87.0 cm³/mol. The number of rotatable bonds is 8. The predicted octanol–water partition coefficient (Wildman–Crippen LogP) is 3.32. The number of benzene rings is 1. The van der Waals surface area contributed by atoms with Crippen LogP contribution in [-0.4, -0.2) is 31.9 Å². The van der Waals surface area contributed by atoms with Crippen LogP contribution >= 0.6 is 0 Å². The Balaban J connectivity index is 2.33. The van der Waals surface area contributed by atoms with Gasteiger partial charge in [0.2, 0.25) is 10.0 Å². The number of nitrogens with zero attached hydrogens (tertiary/aromatic N) is 1. The molecule has 0 heterocycles. The molecule has 0 atom stereocenters. The molecule has 1 saturated carbocycles. The Kier molecular flexibility index (Phi) is 5.27. The van der Waals surface area contributed by atoms with Gasteiger partial charge < -0.3 is 5.32 Å². The van der Waals surface area contributed by atoms with Gasteiger partial charge in [0.15, 0.2) is 0 Å². The fraction of sp³-hybridized carbons (Fsp3) is 0.625. The van der Waals surface area contributed by atoms with Crippen molar-refractivity contribution >= 4 is 15.7 Å². The second kappa shape index (κ2) is 6.79. The lowest BCUT2D eigenvalue weighted by Crippen LogP contribution is -2.36. The molecule has 2 rings (SSSR count). The van der Waals surface area contributed by atoms with Crippen molar-refractivity contribution in [3.63, 3.8) is 0 Å². The molecule has 118 valence electrons. The van der Waals surface area contributed by atoms with Gasteiger partial charge in [0.1, 0.15) is 4.90 Å². The van der Waals surface area contributed by atoms with Gasteiger partial charge >= 0.3 is 0 Å². The second-order valence-electron chi connectivity index (χ2n) is 6.12. The molecule has 4 nitrogen and oxygen atoms in total. The van der Waals surface area contributed by atoms with Crippen molar-refractivity contribution < 1.29 is 8.42 Å². The van der Waals surface area contributed by atoms with Gasteiger partial charge in [-0.2, -0.15) is 4.31 Å². The zero-order chi connectivity index (χ0) is 15.5. The van der Waals surface area contributed by atoms with Crippen LogP contribution in [0, 0.1) is 5.92 Å². The van der Waals surface area contributed by atoms with Crippen LogP contribution in [0.5, 0.6) is 0 Å². The van der Waals surface area contributed by atoms with E-state index >= 15 is 0 Å². The summed E-state index contributed by atoms with van der Waals surface area (Å²) in [5.41, 5.74) is 0.716. The van der Waals surface area contributed by atoms with Crippen molar-refractivity contribution in [1.29, 1.82) is 0 Å². The van der Waals surface area contributed by atoms with E-state index in [4.69, 9.17) is 0 Å². The molecule has 0 bridgehead atoms. The zero-order valence-electron chi connectivity index (χ0n) is 13.2. The molecule has 0 spiro atoms. The van der Waals surface area contributed by atoms with Gasteiger partial charge in [0.05, 0.1) is 5.69 Å². The molecule has 21 heavy (non-hydrogen) atoms. The van der Waals surface area contributed by atoms with E-state index in [0.717, 1.165) is 25.8 Å². The van der Waals surface area contributed by atoms with Crippen molar-refractivity contribution in [3.8, 4) is 0 Å². The Labute approximate surface area is 128 Å². The molecule has 0 aliphatic heterocycles. The van der Waals surface area contributed by atoms with Crippen LogP contribution in [0.4, 0.5) is 5.69 Å². The van der Waals surface area contributed by atoms with Gasteiger partial charge in [-0.05, 0) is 37.3 Å². The van der Waals surface area contributed by atoms with Gasteiger partial charge in [-0.25, -0.2) is 8.42 Å². The maximum absolute atomic E-state index is 13.0. The lowest BCUT2D eigenvalue weighted by Gasteiger charge is -2.25. The molecule has 5 heteroatoms. The molecule has 1 aromatic rings. The number of hydrogen-bond donors (Lipinski definition) is 1. The van der Waals surface area contributed by atoms with Crippen LogP contribution in [0.1, 0.15) is 40.0 Å². The summed E-state index contributed by atoms with van der Waals surface area (Å²) in [6.45, 7) is 7.56. The summed E-state index contributed by atoms with van der Waals surface area (Å²) in [5, 5.41) is 3.23. The Bertz CT molecular complexity index is 565. The average Bonchev–Trinajstić information content (AvgIpc) is 3.27. The zero-order valence-corrected chi connectivity index (χ0v) is 14.0. The van der Waals surface area contributed by atoms with E-state index < -0.39 is 10.0 Å². The molecule has 1 aliphatic carbocycles. The summed E-state index contributed by atoms with van der Waals surface area (Å²) in [5.74, 6) is 0.330. The normalized spacial score (nSPS) is 15.7. The summed E-state index contributed by atoms with van der Waals surface area (Å²) in [7, 11) is -3.42. The number of hydrogen-bond acceptors (Lipinski definition) is 3. The summed E-state index contributed by atoms with van der Waals surface area (Å²) < 4.78 is 27.7. The first-order valence-corrected chi connectivity index (χ1v) is 9.25. The number of para-hydroxylation sites is 1. The van der Waals surface area contributed by atoms with E-state index in [0.29, 0.717) is 23.0 Å². The largest absolute Gasteiger partial charge is 0.384 e. The first kappa shape index (κ1) is 16.3. The van der Waals surface area contributed by atoms with Crippen LogP contribution in [0.25, 0.3) is 0 Å². The molecule has 1 aliphatic rings. The Hall–Kier alpha value is -1.07. The summed E-state index contributed by atoms with van der Waals surface area (Å²) >= 11 is 0. The minimum atomic E-state index is -3.42. The molecule has 0 radical (unpaired) electrons. The van der Waals surface area contributed by atoms with E-state index in [1.165, 1.54) is 0 Å². The van der Waals surface area contributed by atoms with Crippen molar-refractivity contribution in [1.82, 2.24) is 4.31 Å². The summed E-state index contributed by atoms with van der Waals surface area (Å²) in [6, 6.07) is 7.42. The van der Waals surface area contributed by atoms with Crippen LogP contribution in [0.15, 0.2) is 29.2 Å². The highest BCUT2D eigenvalue weighted by molar-refractivity contribution is 7.89. The van der Waals surface area contributed by atoms with E-state index in [1.807, 2.05) is 12.1 Å². The quantitative estimate of drug-likeness (QED) is 0.801. The Morgan fingerprint density at radius 3 is 2.52 bits per heavy atom. The van der Waals surface area contributed by atoms with E-state index in [-0.39, 0.29) is 6.04 Å². The minimum absolute atomic E-state index is 0.191. The molecule has 1 aromatic carbocycles. The van der Waals surface area contributed by atoms with Crippen LogP contribution < -0.4 is 5.32 Å². The molecule has 1 N–H and O–H groups in total. The first-order chi connectivity index (χ1) is 9.96. The van der Waals surface area contributed by atoms with Crippen molar-refractivity contribution in [2.75, 3.05) is 18.4 Å². The van der Waals surface area contributed by atoms with E-state index in [9.17, 15) is 8.42 Å². The fourth-order valence-electron chi connectivity index (χ4n) is 2.39. The third-order valence-electron chi connectivity index (χ3n) is 3.54. The van der Waals surface area contributed by atoms with E-state index in [2.05, 4.69) is 26.1 Å². The Morgan fingerprint density at radius 2 is 1.95 bits per heavy atom. The average molecular weight is 310 g/mol. The van der Waals surface area contributed by atoms with Crippen LogP contribution in [0.3, 0.4) is 0 Å². The van der Waals surface area contributed by atoms with Crippen LogP contribution in [-0.2, 0) is 10.0 Å². The molecule has 0 amide bonds. The maximum Gasteiger partial charge on any atom is 0.245 e. The second-order valence-corrected chi connectivity index (χ2v) is 7.98. The van der Waals surface area contributed by atoms with Crippen molar-refractivity contribution in [2.45, 2.75) is 51.0 Å². The van der Waals surface area contributed by atoms with Gasteiger partial charge in [0.25, 0.3) is 0 Å². The highest BCUT2D eigenvalue weighted by Gasteiger charge is 2.39. The highest BCUT2D eigenvalue weighted by atomic mass is 32.2. The van der Waals surface area contributed by atoms with E-state index in [1.54, 1.807) is 16.4 Å². The lowest BCUT2D eigenvalue weighted by atomic mass is 10.2. The monoisotopic (exact) mass is 310 g/mol. The van der Waals surface area contributed by atoms with Gasteiger partial charge in [-0.3, -0.25) is 0 Å². The van der Waals surface area contributed by atoms with Crippen molar-refractivity contribution in [3.05, 3.63) is 24.3 Å². The number of anilines is 1. The smallest absolute Gasteiger partial charge is 0.245 e. The SMILES string of the molecule is CCCNc1ccccc1S(=O)(=O)N(CC(C)C)C1CC1. The third kappa shape index (κ3) is 3.98. The van der Waals surface area contributed by atoms with Gasteiger partial charge in [0, 0.05) is 19.1 Å². The molecule has 0 unspecified atom stereocenters. The molecule has 0 saturated heterocycles. The van der Waals surface area contributed by atoms with Gasteiger partial charge in [-0.15, -0.1) is 0 Å². The molecular formula is C16H26N2O2S. The Morgan fingerprint density at radius 1 is 1.29 bits per heavy atom. The van der Waals surface area contributed by atoms with Crippen molar-refractivity contribution in [2.24, 2.45) is 5.92 Å². The molecular weight excluding hydrogens is 284 g/mol. The fourth-order valence-corrected chi connectivity index (χ4v) is 4.41. The minimum Gasteiger partial charge on any atom is -0.384 e. The first-order valence-electron chi connectivity index (χ1n) is 7.81. The lowest BCUT2D eigenvalue weighted by molar-refractivity contribution is 0.360. The number of sulfonamides is 1. The maximum atomic E-state index is 13.0. The summed E-state index contributed by atoms with van der Waals surface area (Å²) in [4.78, 5) is 0.408. The molecule has 1 fully saturated rings. The third-order valence-corrected chi connectivity index (χ3v) is 5.51. The standard InChI is InChI=1S/C16H26N2O2S/c1-4-11-17-15-7-5-6-8-16(15)21(19,20)18(12-13(2)3)14-9-10-14/h5-8,13-14,17H,4,9-12H2,1-3H3. The van der Waals surface area contributed by atoms with Crippen LogP contribution in [0.2, 0.25) is 0 Å². The summed E-state index contributed by atoms with van der Waals surface area (Å²) in [6.07, 6.45) is 2.93. The highest BCUT2D eigenvalue weighted by Crippen LogP contribution is 2.34. The topological polar surface area (TPSA) is 49.4 Å².